The molecule has 1 N–H and O–H groups in total. The normalized spacial score (nSPS) is 17.4. The molecule has 1 aromatic heterocycles. The number of carbonyl (C=O) groups excluding carboxylic acids is 3. The standard InChI is InChI=1S/C26H22N2O5/c1-16(2)33-26(32)18-11-13-19(14-12-18)28-22(20-10-6-7-15-27-20)21(24(30)25(28)31)23(29)17-8-4-3-5-9-17/h3-16,22,29H,1-2H3/b23-21+. The number of aliphatic hydroxyl groups excluding tert-OH is 1. The van der Waals surface area contributed by atoms with E-state index in [1.54, 1.807) is 80.7 Å². The molecule has 3 aromatic rings. The number of pyridine rings is 1. The van der Waals surface area contributed by atoms with E-state index < -0.39 is 23.7 Å². The number of amides is 1. The van der Waals surface area contributed by atoms with Crippen LogP contribution in [0, 0.1) is 0 Å². The molecule has 0 spiro atoms. The Bertz CT molecular complexity index is 1220. The van der Waals surface area contributed by atoms with E-state index in [2.05, 4.69) is 4.98 Å². The van der Waals surface area contributed by atoms with Gasteiger partial charge in [0.2, 0.25) is 0 Å². The van der Waals surface area contributed by atoms with Crippen LogP contribution in [0.15, 0.2) is 84.6 Å². The summed E-state index contributed by atoms with van der Waals surface area (Å²) in [6.45, 7) is 3.51. The van der Waals surface area contributed by atoms with Crippen LogP contribution in [0.2, 0.25) is 0 Å². The molecule has 33 heavy (non-hydrogen) atoms. The number of rotatable bonds is 5. The van der Waals surface area contributed by atoms with E-state index in [-0.39, 0.29) is 17.4 Å². The van der Waals surface area contributed by atoms with E-state index in [4.69, 9.17) is 4.74 Å². The van der Waals surface area contributed by atoms with Gasteiger partial charge in [-0.1, -0.05) is 36.4 Å². The van der Waals surface area contributed by atoms with Crippen molar-refractivity contribution >= 4 is 29.1 Å². The van der Waals surface area contributed by atoms with Crippen LogP contribution < -0.4 is 4.90 Å². The highest BCUT2D eigenvalue weighted by molar-refractivity contribution is 6.51. The van der Waals surface area contributed by atoms with Gasteiger partial charge in [0, 0.05) is 17.4 Å². The lowest BCUT2D eigenvalue weighted by Gasteiger charge is -2.24. The second-order valence-corrected chi connectivity index (χ2v) is 7.79. The molecule has 2 heterocycles. The number of carbonyl (C=O) groups is 3. The monoisotopic (exact) mass is 442 g/mol. The van der Waals surface area contributed by atoms with Gasteiger partial charge in [0.25, 0.3) is 11.7 Å². The van der Waals surface area contributed by atoms with E-state index in [9.17, 15) is 19.5 Å². The molecule has 1 saturated heterocycles. The first-order valence-corrected chi connectivity index (χ1v) is 10.5. The van der Waals surface area contributed by atoms with E-state index in [1.165, 1.54) is 17.0 Å². The number of ether oxygens (including phenoxy) is 1. The summed E-state index contributed by atoms with van der Waals surface area (Å²) in [7, 11) is 0. The number of ketones is 1. The van der Waals surface area contributed by atoms with Crippen molar-refractivity contribution in [3.8, 4) is 0 Å². The van der Waals surface area contributed by atoms with Gasteiger partial charge in [-0.2, -0.15) is 0 Å². The molecule has 0 aliphatic carbocycles. The number of aromatic nitrogens is 1. The zero-order valence-corrected chi connectivity index (χ0v) is 18.1. The Morgan fingerprint density at radius 3 is 2.21 bits per heavy atom. The van der Waals surface area contributed by atoms with Crippen molar-refractivity contribution in [3.63, 3.8) is 0 Å². The molecule has 1 fully saturated rings. The molecule has 1 amide bonds. The summed E-state index contributed by atoms with van der Waals surface area (Å²) in [5.41, 5.74) is 1.51. The van der Waals surface area contributed by atoms with Crippen molar-refractivity contribution in [2.45, 2.75) is 26.0 Å². The molecule has 166 valence electrons. The van der Waals surface area contributed by atoms with Crippen molar-refractivity contribution in [1.29, 1.82) is 0 Å². The van der Waals surface area contributed by atoms with Crippen LogP contribution in [0.4, 0.5) is 5.69 Å². The quantitative estimate of drug-likeness (QED) is 0.274. The van der Waals surface area contributed by atoms with Crippen LogP contribution in [0.3, 0.4) is 0 Å². The molecular weight excluding hydrogens is 420 g/mol. The zero-order valence-electron chi connectivity index (χ0n) is 18.1. The summed E-state index contributed by atoms with van der Waals surface area (Å²) in [5, 5.41) is 11.0. The minimum atomic E-state index is -0.931. The summed E-state index contributed by atoms with van der Waals surface area (Å²) < 4.78 is 5.20. The number of esters is 1. The van der Waals surface area contributed by atoms with Crippen LogP contribution in [0.25, 0.3) is 5.76 Å². The topological polar surface area (TPSA) is 96.8 Å². The number of benzene rings is 2. The van der Waals surface area contributed by atoms with Crippen molar-refractivity contribution in [2.75, 3.05) is 4.90 Å². The predicted molar refractivity (Wildman–Crippen MR) is 122 cm³/mol. The first-order valence-electron chi connectivity index (χ1n) is 10.5. The van der Waals surface area contributed by atoms with Crippen molar-refractivity contribution in [3.05, 3.63) is 101 Å². The molecule has 1 aliphatic heterocycles. The fourth-order valence-corrected chi connectivity index (χ4v) is 3.71. The Kier molecular flexibility index (Phi) is 6.04. The number of hydrogen-bond acceptors (Lipinski definition) is 6. The Labute approximate surface area is 191 Å². The number of aliphatic hydroxyl groups is 1. The van der Waals surface area contributed by atoms with E-state index >= 15 is 0 Å². The fourth-order valence-electron chi connectivity index (χ4n) is 3.71. The van der Waals surface area contributed by atoms with Crippen molar-refractivity contribution in [1.82, 2.24) is 4.98 Å². The Hall–Kier alpha value is -4.26. The number of hydrogen-bond donors (Lipinski definition) is 1. The molecule has 0 saturated carbocycles. The first kappa shape index (κ1) is 22.0. The summed E-state index contributed by atoms with van der Waals surface area (Å²) in [6.07, 6.45) is 1.29. The third kappa shape index (κ3) is 4.25. The average molecular weight is 442 g/mol. The fraction of sp³-hybridized carbons (Fsp3) is 0.154. The lowest BCUT2D eigenvalue weighted by molar-refractivity contribution is -0.132. The Balaban J connectivity index is 1.81. The summed E-state index contributed by atoms with van der Waals surface area (Å²) in [6, 6.07) is 19.0. The molecule has 0 bridgehead atoms. The van der Waals surface area contributed by atoms with Gasteiger partial charge in [-0.05, 0) is 50.2 Å². The van der Waals surface area contributed by atoms with E-state index in [0.717, 1.165) is 0 Å². The van der Waals surface area contributed by atoms with Crippen molar-refractivity contribution in [2.24, 2.45) is 0 Å². The highest BCUT2D eigenvalue weighted by Gasteiger charge is 2.47. The average Bonchev–Trinajstić information content (AvgIpc) is 3.10. The zero-order chi connectivity index (χ0) is 23.5. The molecule has 1 atom stereocenters. The number of nitrogens with zero attached hydrogens (tertiary/aromatic N) is 2. The molecule has 7 nitrogen and oxygen atoms in total. The second-order valence-electron chi connectivity index (χ2n) is 7.79. The molecule has 0 radical (unpaired) electrons. The summed E-state index contributed by atoms with van der Waals surface area (Å²) in [4.78, 5) is 44.0. The largest absolute Gasteiger partial charge is 0.507 e. The third-order valence-corrected chi connectivity index (χ3v) is 5.18. The number of anilines is 1. The van der Waals surface area contributed by atoms with Crippen molar-refractivity contribution < 1.29 is 24.2 Å². The third-order valence-electron chi connectivity index (χ3n) is 5.18. The maximum Gasteiger partial charge on any atom is 0.338 e. The number of Topliss-reactive ketones (excluding diaryl/α,β-unsaturated/α-hetero) is 1. The van der Waals surface area contributed by atoms with Gasteiger partial charge >= 0.3 is 5.97 Å². The van der Waals surface area contributed by atoms with Crippen LogP contribution in [0.1, 0.15) is 41.5 Å². The highest BCUT2D eigenvalue weighted by Crippen LogP contribution is 2.41. The van der Waals surface area contributed by atoms with Gasteiger partial charge in [-0.3, -0.25) is 19.5 Å². The highest BCUT2D eigenvalue weighted by atomic mass is 16.5. The maximum absolute atomic E-state index is 13.1. The van der Waals surface area contributed by atoms with Crippen LogP contribution in [-0.4, -0.2) is 33.9 Å². The van der Waals surface area contributed by atoms with E-state index in [1.807, 2.05) is 0 Å². The lowest BCUT2D eigenvalue weighted by atomic mass is 9.98. The minimum absolute atomic E-state index is 0.0480. The molecule has 1 unspecified atom stereocenters. The van der Waals surface area contributed by atoms with Crippen LogP contribution in [-0.2, 0) is 14.3 Å². The smallest absolute Gasteiger partial charge is 0.338 e. The molecule has 1 aliphatic rings. The molecule has 2 aromatic carbocycles. The Morgan fingerprint density at radius 2 is 1.61 bits per heavy atom. The van der Waals surface area contributed by atoms with Gasteiger partial charge < -0.3 is 9.84 Å². The van der Waals surface area contributed by atoms with Gasteiger partial charge in [-0.15, -0.1) is 0 Å². The van der Waals surface area contributed by atoms with Gasteiger partial charge in [-0.25, -0.2) is 4.79 Å². The lowest BCUT2D eigenvalue weighted by Crippen LogP contribution is -2.29. The van der Waals surface area contributed by atoms with Crippen LogP contribution >= 0.6 is 0 Å². The molecule has 4 rings (SSSR count). The Morgan fingerprint density at radius 1 is 0.939 bits per heavy atom. The molecular formula is C26H22N2O5. The second kappa shape index (κ2) is 9.08. The van der Waals surface area contributed by atoms with Gasteiger partial charge in [0.05, 0.1) is 22.9 Å². The minimum Gasteiger partial charge on any atom is -0.507 e. The summed E-state index contributed by atoms with van der Waals surface area (Å²) >= 11 is 0. The maximum atomic E-state index is 13.1. The van der Waals surface area contributed by atoms with E-state index in [0.29, 0.717) is 22.5 Å². The van der Waals surface area contributed by atoms with Crippen LogP contribution in [0.5, 0.6) is 0 Å². The predicted octanol–water partition coefficient (Wildman–Crippen LogP) is 4.27. The summed E-state index contributed by atoms with van der Waals surface area (Å²) in [5.74, 6) is -2.36. The first-order chi connectivity index (χ1) is 15.9. The van der Waals surface area contributed by atoms with Gasteiger partial charge in [0.1, 0.15) is 11.8 Å². The molecule has 7 heteroatoms. The van der Waals surface area contributed by atoms with Gasteiger partial charge in [0.15, 0.2) is 0 Å². The SMILES string of the molecule is CC(C)OC(=O)c1ccc(N2C(=O)C(=O)/C(=C(/O)c3ccccc3)C2c2ccccn2)cc1.